The number of nitrogens with zero attached hydrogens (tertiary/aromatic N) is 2. The third-order valence-corrected chi connectivity index (χ3v) is 4.08. The average Bonchev–Trinajstić information content (AvgIpc) is 2.92. The third kappa shape index (κ3) is 2.49. The molecular formula is C14H20N2O2. The van der Waals surface area contributed by atoms with Crippen molar-refractivity contribution in [2.75, 3.05) is 32.7 Å². The average molecular weight is 248 g/mol. The van der Waals surface area contributed by atoms with E-state index in [-0.39, 0.29) is 5.78 Å². The zero-order valence-corrected chi connectivity index (χ0v) is 10.7. The Morgan fingerprint density at radius 2 is 2.28 bits per heavy atom. The van der Waals surface area contributed by atoms with Crippen molar-refractivity contribution in [1.82, 2.24) is 9.80 Å². The molecule has 98 valence electrons. The minimum Gasteiger partial charge on any atom is -0.461 e. The largest absolute Gasteiger partial charge is 0.461 e. The number of carbonyl (C=O) groups is 1. The first kappa shape index (κ1) is 11.9. The van der Waals surface area contributed by atoms with Gasteiger partial charge in [0.15, 0.2) is 5.76 Å². The second-order valence-corrected chi connectivity index (χ2v) is 5.32. The summed E-state index contributed by atoms with van der Waals surface area (Å²) in [6.07, 6.45) is 5.51. The van der Waals surface area contributed by atoms with E-state index in [0.29, 0.717) is 18.3 Å². The molecule has 0 aliphatic carbocycles. The van der Waals surface area contributed by atoms with E-state index in [1.54, 1.807) is 18.4 Å². The third-order valence-electron chi connectivity index (χ3n) is 4.08. The number of piperazine rings is 1. The molecule has 2 aliphatic heterocycles. The molecule has 0 spiro atoms. The SMILES string of the molecule is O=C(CN1CCN2CCCCC2C1)c1ccco1. The summed E-state index contributed by atoms with van der Waals surface area (Å²) in [5.74, 6) is 0.588. The molecule has 0 N–H and O–H groups in total. The lowest BCUT2D eigenvalue weighted by molar-refractivity contribution is 0.0461. The van der Waals surface area contributed by atoms with Gasteiger partial charge in [-0.05, 0) is 31.5 Å². The molecule has 2 aliphatic rings. The summed E-state index contributed by atoms with van der Waals surface area (Å²) in [7, 11) is 0. The highest BCUT2D eigenvalue weighted by molar-refractivity contribution is 5.95. The maximum Gasteiger partial charge on any atom is 0.211 e. The van der Waals surface area contributed by atoms with E-state index in [4.69, 9.17) is 4.42 Å². The van der Waals surface area contributed by atoms with Crippen LogP contribution in [0.1, 0.15) is 29.8 Å². The monoisotopic (exact) mass is 248 g/mol. The second kappa shape index (κ2) is 5.24. The summed E-state index contributed by atoms with van der Waals surface area (Å²) in [5.41, 5.74) is 0. The first-order chi connectivity index (χ1) is 8.83. The van der Waals surface area contributed by atoms with Crippen LogP contribution in [0.4, 0.5) is 0 Å². The molecule has 18 heavy (non-hydrogen) atoms. The summed E-state index contributed by atoms with van der Waals surface area (Å²) in [6.45, 7) is 4.88. The lowest BCUT2D eigenvalue weighted by Crippen LogP contribution is -2.55. The number of piperidine rings is 1. The number of Topliss-reactive ketones (excluding diaryl/α,β-unsaturated/α-hetero) is 1. The molecule has 2 fully saturated rings. The maximum absolute atomic E-state index is 12.0. The van der Waals surface area contributed by atoms with Crippen molar-refractivity contribution < 1.29 is 9.21 Å². The molecule has 0 bridgehead atoms. The van der Waals surface area contributed by atoms with E-state index in [0.717, 1.165) is 19.6 Å². The van der Waals surface area contributed by atoms with Gasteiger partial charge in [0.25, 0.3) is 0 Å². The van der Waals surface area contributed by atoms with E-state index in [1.165, 1.54) is 25.8 Å². The van der Waals surface area contributed by atoms with E-state index < -0.39 is 0 Å². The van der Waals surface area contributed by atoms with Crippen LogP contribution >= 0.6 is 0 Å². The number of rotatable bonds is 3. The van der Waals surface area contributed by atoms with Crippen LogP contribution < -0.4 is 0 Å². The van der Waals surface area contributed by atoms with Crippen molar-refractivity contribution in [2.24, 2.45) is 0 Å². The van der Waals surface area contributed by atoms with Crippen molar-refractivity contribution in [2.45, 2.75) is 25.3 Å². The van der Waals surface area contributed by atoms with Gasteiger partial charge in [0.05, 0.1) is 12.8 Å². The quantitative estimate of drug-likeness (QED) is 0.762. The number of fused-ring (bicyclic) bond motifs is 1. The zero-order valence-electron chi connectivity index (χ0n) is 10.7. The Labute approximate surface area is 108 Å². The fourth-order valence-corrected chi connectivity index (χ4v) is 3.08. The van der Waals surface area contributed by atoms with Crippen LogP contribution in [0.5, 0.6) is 0 Å². The summed E-state index contributed by atoms with van der Waals surface area (Å²) in [6, 6.07) is 4.18. The van der Waals surface area contributed by atoms with Gasteiger partial charge in [-0.2, -0.15) is 0 Å². The highest BCUT2D eigenvalue weighted by atomic mass is 16.3. The Morgan fingerprint density at radius 1 is 1.33 bits per heavy atom. The Balaban J connectivity index is 1.56. The molecule has 3 rings (SSSR count). The molecule has 0 radical (unpaired) electrons. The molecule has 1 unspecified atom stereocenters. The Morgan fingerprint density at radius 3 is 3.11 bits per heavy atom. The van der Waals surface area contributed by atoms with Crippen LogP contribution in [0, 0.1) is 0 Å². The van der Waals surface area contributed by atoms with Crippen molar-refractivity contribution >= 4 is 5.78 Å². The predicted octanol–water partition coefficient (Wildman–Crippen LogP) is 1.63. The predicted molar refractivity (Wildman–Crippen MR) is 68.7 cm³/mol. The fourth-order valence-electron chi connectivity index (χ4n) is 3.08. The Kier molecular flexibility index (Phi) is 3.48. The van der Waals surface area contributed by atoms with Crippen LogP contribution in [0.2, 0.25) is 0 Å². The molecule has 0 amide bonds. The van der Waals surface area contributed by atoms with Crippen molar-refractivity contribution in [1.29, 1.82) is 0 Å². The van der Waals surface area contributed by atoms with Gasteiger partial charge >= 0.3 is 0 Å². The maximum atomic E-state index is 12.0. The second-order valence-electron chi connectivity index (χ2n) is 5.32. The number of hydrogen-bond donors (Lipinski definition) is 0. The van der Waals surface area contributed by atoms with Crippen LogP contribution in [0.15, 0.2) is 22.8 Å². The summed E-state index contributed by atoms with van der Waals surface area (Å²) in [4.78, 5) is 16.8. The molecule has 1 atom stereocenters. The van der Waals surface area contributed by atoms with Crippen LogP contribution in [0.3, 0.4) is 0 Å². The van der Waals surface area contributed by atoms with E-state index >= 15 is 0 Å². The minimum atomic E-state index is 0.101. The summed E-state index contributed by atoms with van der Waals surface area (Å²) in [5, 5.41) is 0. The van der Waals surface area contributed by atoms with Gasteiger partial charge in [-0.3, -0.25) is 14.6 Å². The highest BCUT2D eigenvalue weighted by Crippen LogP contribution is 2.21. The van der Waals surface area contributed by atoms with Gasteiger partial charge in [-0.25, -0.2) is 0 Å². The molecule has 3 heterocycles. The molecular weight excluding hydrogens is 228 g/mol. The Hall–Kier alpha value is -1.13. The first-order valence-corrected chi connectivity index (χ1v) is 6.86. The standard InChI is InChI=1S/C14H20N2O2/c17-13(14-5-3-9-18-14)11-15-7-8-16-6-2-1-4-12(16)10-15/h3,5,9,12H,1-2,4,6-8,10-11H2. The molecule has 0 aromatic carbocycles. The molecule has 1 aromatic rings. The number of ketones is 1. The normalized spacial score (nSPS) is 25.9. The molecule has 1 aromatic heterocycles. The lowest BCUT2D eigenvalue weighted by Gasteiger charge is -2.43. The Bertz CT molecular complexity index is 402. The van der Waals surface area contributed by atoms with Crippen molar-refractivity contribution in [3.8, 4) is 0 Å². The molecule has 4 heteroatoms. The number of hydrogen-bond acceptors (Lipinski definition) is 4. The van der Waals surface area contributed by atoms with Gasteiger partial charge in [-0.15, -0.1) is 0 Å². The minimum absolute atomic E-state index is 0.101. The van der Waals surface area contributed by atoms with Crippen LogP contribution in [-0.2, 0) is 0 Å². The van der Waals surface area contributed by atoms with Crippen molar-refractivity contribution in [3.05, 3.63) is 24.2 Å². The smallest absolute Gasteiger partial charge is 0.211 e. The highest BCUT2D eigenvalue weighted by Gasteiger charge is 2.29. The van der Waals surface area contributed by atoms with Crippen LogP contribution in [0.25, 0.3) is 0 Å². The first-order valence-electron chi connectivity index (χ1n) is 6.86. The van der Waals surface area contributed by atoms with Gasteiger partial charge in [0, 0.05) is 25.7 Å². The van der Waals surface area contributed by atoms with Gasteiger partial charge < -0.3 is 4.42 Å². The van der Waals surface area contributed by atoms with Gasteiger partial charge in [0.1, 0.15) is 0 Å². The molecule has 0 saturated carbocycles. The number of furan rings is 1. The topological polar surface area (TPSA) is 36.7 Å². The van der Waals surface area contributed by atoms with Gasteiger partial charge in [0.2, 0.25) is 5.78 Å². The summed E-state index contributed by atoms with van der Waals surface area (Å²) < 4.78 is 5.16. The lowest BCUT2D eigenvalue weighted by atomic mass is 9.99. The summed E-state index contributed by atoms with van der Waals surface area (Å²) >= 11 is 0. The van der Waals surface area contributed by atoms with Crippen molar-refractivity contribution in [3.63, 3.8) is 0 Å². The van der Waals surface area contributed by atoms with E-state index in [9.17, 15) is 4.79 Å². The van der Waals surface area contributed by atoms with Crippen LogP contribution in [-0.4, -0.2) is 54.3 Å². The van der Waals surface area contributed by atoms with Gasteiger partial charge in [-0.1, -0.05) is 6.42 Å². The fraction of sp³-hybridized carbons (Fsp3) is 0.643. The van der Waals surface area contributed by atoms with E-state index in [2.05, 4.69) is 9.80 Å². The number of carbonyl (C=O) groups excluding carboxylic acids is 1. The molecule has 4 nitrogen and oxygen atoms in total. The molecule has 2 saturated heterocycles. The zero-order chi connectivity index (χ0) is 12.4. The van der Waals surface area contributed by atoms with E-state index in [1.807, 2.05) is 0 Å².